The maximum atomic E-state index is 11.2. The second-order valence-corrected chi connectivity index (χ2v) is 5.07. The Balaban J connectivity index is 1.84. The standard InChI is InChI=1S/C13H13N3O2S/c14-6-12(17)16-13-15-10(7-19-13)8-1-2-11-9(5-8)3-4-18-11/h1-2,5,7H,3-4,6,14H2,(H,15,16,17). The van der Waals surface area contributed by atoms with Gasteiger partial charge in [-0.05, 0) is 23.8 Å². The smallest absolute Gasteiger partial charge is 0.239 e. The van der Waals surface area contributed by atoms with Crippen molar-refractivity contribution in [3.63, 3.8) is 0 Å². The molecule has 0 atom stereocenters. The van der Waals surface area contributed by atoms with E-state index in [-0.39, 0.29) is 12.5 Å². The van der Waals surface area contributed by atoms with Gasteiger partial charge in [0, 0.05) is 17.4 Å². The molecule has 1 aromatic heterocycles. The number of thiazole rings is 1. The van der Waals surface area contributed by atoms with Crippen molar-refractivity contribution in [1.29, 1.82) is 0 Å². The van der Waals surface area contributed by atoms with Crippen LogP contribution in [0.3, 0.4) is 0 Å². The van der Waals surface area contributed by atoms with Crippen LogP contribution in [0.2, 0.25) is 0 Å². The summed E-state index contributed by atoms with van der Waals surface area (Å²) >= 11 is 1.39. The first-order valence-electron chi connectivity index (χ1n) is 5.98. The van der Waals surface area contributed by atoms with Crippen LogP contribution in [0.1, 0.15) is 5.56 Å². The van der Waals surface area contributed by atoms with Crippen molar-refractivity contribution in [3.05, 3.63) is 29.1 Å². The number of hydrogen-bond acceptors (Lipinski definition) is 5. The lowest BCUT2D eigenvalue weighted by molar-refractivity contribution is -0.114. The Morgan fingerprint density at radius 1 is 1.53 bits per heavy atom. The van der Waals surface area contributed by atoms with E-state index in [0.717, 1.165) is 30.0 Å². The van der Waals surface area contributed by atoms with E-state index in [2.05, 4.69) is 16.4 Å². The van der Waals surface area contributed by atoms with E-state index in [1.807, 2.05) is 17.5 Å². The van der Waals surface area contributed by atoms with Gasteiger partial charge in [-0.1, -0.05) is 0 Å². The fraction of sp³-hybridized carbons (Fsp3) is 0.231. The Bertz CT molecular complexity index is 624. The van der Waals surface area contributed by atoms with E-state index < -0.39 is 0 Å². The van der Waals surface area contributed by atoms with Crippen LogP contribution in [-0.2, 0) is 11.2 Å². The summed E-state index contributed by atoms with van der Waals surface area (Å²) in [4.78, 5) is 15.6. The summed E-state index contributed by atoms with van der Waals surface area (Å²) in [5.41, 5.74) is 8.35. The van der Waals surface area contributed by atoms with Crippen LogP contribution < -0.4 is 15.8 Å². The topological polar surface area (TPSA) is 77.2 Å². The van der Waals surface area contributed by atoms with Gasteiger partial charge in [-0.2, -0.15) is 0 Å². The van der Waals surface area contributed by atoms with Crippen LogP contribution >= 0.6 is 11.3 Å². The first-order valence-corrected chi connectivity index (χ1v) is 6.86. The first-order chi connectivity index (χ1) is 9.26. The van der Waals surface area contributed by atoms with E-state index in [1.165, 1.54) is 16.9 Å². The third kappa shape index (κ3) is 2.45. The summed E-state index contributed by atoms with van der Waals surface area (Å²) < 4.78 is 5.47. The quantitative estimate of drug-likeness (QED) is 0.892. The summed E-state index contributed by atoms with van der Waals surface area (Å²) in [7, 11) is 0. The molecule has 0 spiro atoms. The Hall–Kier alpha value is -1.92. The van der Waals surface area contributed by atoms with E-state index in [0.29, 0.717) is 5.13 Å². The average Bonchev–Trinajstić information content (AvgIpc) is 3.05. The number of rotatable bonds is 3. The number of amides is 1. The molecule has 0 saturated carbocycles. The molecule has 3 rings (SSSR count). The molecule has 3 N–H and O–H groups in total. The molecule has 19 heavy (non-hydrogen) atoms. The normalized spacial score (nSPS) is 12.9. The average molecular weight is 275 g/mol. The molecule has 98 valence electrons. The monoisotopic (exact) mass is 275 g/mol. The van der Waals surface area contributed by atoms with Gasteiger partial charge in [0.2, 0.25) is 5.91 Å². The van der Waals surface area contributed by atoms with Crippen LogP contribution in [0, 0.1) is 0 Å². The zero-order chi connectivity index (χ0) is 13.2. The molecular formula is C13H13N3O2S. The molecule has 0 radical (unpaired) electrons. The minimum Gasteiger partial charge on any atom is -0.493 e. The molecule has 0 aliphatic carbocycles. The van der Waals surface area contributed by atoms with Crippen molar-refractivity contribution in [2.24, 2.45) is 5.73 Å². The van der Waals surface area contributed by atoms with Crippen LogP contribution in [0.4, 0.5) is 5.13 Å². The van der Waals surface area contributed by atoms with E-state index in [9.17, 15) is 4.79 Å². The third-order valence-electron chi connectivity index (χ3n) is 2.92. The second-order valence-electron chi connectivity index (χ2n) is 4.21. The number of hydrogen-bond donors (Lipinski definition) is 2. The lowest BCUT2D eigenvalue weighted by Crippen LogP contribution is -2.21. The summed E-state index contributed by atoms with van der Waals surface area (Å²) in [5, 5.41) is 5.14. The summed E-state index contributed by atoms with van der Waals surface area (Å²) in [6, 6.07) is 6.04. The molecular weight excluding hydrogens is 262 g/mol. The number of fused-ring (bicyclic) bond motifs is 1. The summed E-state index contributed by atoms with van der Waals surface area (Å²) in [6.45, 7) is 0.707. The predicted octanol–water partition coefficient (Wildman–Crippen LogP) is 1.64. The van der Waals surface area contributed by atoms with Gasteiger partial charge in [0.25, 0.3) is 0 Å². The molecule has 0 unspecified atom stereocenters. The number of aromatic nitrogens is 1. The molecule has 6 heteroatoms. The Morgan fingerprint density at radius 2 is 2.42 bits per heavy atom. The zero-order valence-electron chi connectivity index (χ0n) is 10.2. The Kier molecular flexibility index (Phi) is 3.18. The van der Waals surface area contributed by atoms with E-state index in [4.69, 9.17) is 10.5 Å². The highest BCUT2D eigenvalue weighted by Gasteiger charge is 2.14. The highest BCUT2D eigenvalue weighted by Crippen LogP contribution is 2.31. The molecule has 0 fully saturated rings. The molecule has 1 aliphatic rings. The minimum absolute atomic E-state index is 0.0366. The van der Waals surface area contributed by atoms with Crippen molar-refractivity contribution in [2.45, 2.75) is 6.42 Å². The lowest BCUT2D eigenvalue weighted by atomic mass is 10.1. The van der Waals surface area contributed by atoms with Gasteiger partial charge in [0.05, 0.1) is 18.8 Å². The fourth-order valence-corrected chi connectivity index (χ4v) is 2.72. The van der Waals surface area contributed by atoms with Crippen molar-refractivity contribution in [1.82, 2.24) is 4.98 Å². The van der Waals surface area contributed by atoms with Gasteiger partial charge in [-0.15, -0.1) is 11.3 Å². The van der Waals surface area contributed by atoms with Crippen molar-refractivity contribution in [3.8, 4) is 17.0 Å². The molecule has 2 heterocycles. The lowest BCUT2D eigenvalue weighted by Gasteiger charge is -2.01. The maximum Gasteiger partial charge on any atom is 0.239 e. The van der Waals surface area contributed by atoms with Crippen LogP contribution in [0.15, 0.2) is 23.6 Å². The third-order valence-corrected chi connectivity index (χ3v) is 3.68. The van der Waals surface area contributed by atoms with Crippen LogP contribution in [0.5, 0.6) is 5.75 Å². The van der Waals surface area contributed by atoms with Crippen molar-refractivity contribution < 1.29 is 9.53 Å². The number of carbonyl (C=O) groups is 1. The van der Waals surface area contributed by atoms with Crippen LogP contribution in [0.25, 0.3) is 11.3 Å². The summed E-state index contributed by atoms with van der Waals surface area (Å²) in [6.07, 6.45) is 0.935. The number of carbonyl (C=O) groups excluding carboxylic acids is 1. The second kappa shape index (κ2) is 4.99. The molecule has 1 aromatic carbocycles. The van der Waals surface area contributed by atoms with E-state index in [1.54, 1.807) is 0 Å². The Labute approximate surface area is 114 Å². The maximum absolute atomic E-state index is 11.2. The van der Waals surface area contributed by atoms with Gasteiger partial charge in [-0.3, -0.25) is 4.79 Å². The predicted molar refractivity (Wildman–Crippen MR) is 74.4 cm³/mol. The number of anilines is 1. The highest BCUT2D eigenvalue weighted by molar-refractivity contribution is 7.14. The number of nitrogens with one attached hydrogen (secondary N) is 1. The number of ether oxygens (including phenoxy) is 1. The number of benzene rings is 1. The molecule has 5 nitrogen and oxygen atoms in total. The minimum atomic E-state index is -0.233. The molecule has 1 aliphatic heterocycles. The Morgan fingerprint density at radius 3 is 3.26 bits per heavy atom. The number of nitrogens with two attached hydrogens (primary N) is 1. The van der Waals surface area contributed by atoms with Gasteiger partial charge in [0.1, 0.15) is 5.75 Å². The molecule has 0 saturated heterocycles. The van der Waals surface area contributed by atoms with Crippen LogP contribution in [-0.4, -0.2) is 24.0 Å². The highest BCUT2D eigenvalue weighted by atomic mass is 32.1. The fourth-order valence-electron chi connectivity index (χ4n) is 1.98. The first kappa shape index (κ1) is 12.1. The SMILES string of the molecule is NCC(=O)Nc1nc(-c2ccc3c(c2)CCO3)cs1. The van der Waals surface area contributed by atoms with Gasteiger partial charge < -0.3 is 15.8 Å². The largest absolute Gasteiger partial charge is 0.493 e. The van der Waals surface area contributed by atoms with Crippen molar-refractivity contribution in [2.75, 3.05) is 18.5 Å². The van der Waals surface area contributed by atoms with Gasteiger partial charge >= 0.3 is 0 Å². The van der Waals surface area contributed by atoms with Gasteiger partial charge in [0.15, 0.2) is 5.13 Å². The van der Waals surface area contributed by atoms with Gasteiger partial charge in [-0.25, -0.2) is 4.98 Å². The zero-order valence-corrected chi connectivity index (χ0v) is 11.0. The molecule has 1 amide bonds. The summed E-state index contributed by atoms with van der Waals surface area (Å²) in [5.74, 6) is 0.721. The molecule has 0 bridgehead atoms. The van der Waals surface area contributed by atoms with Crippen molar-refractivity contribution >= 4 is 22.4 Å². The number of nitrogens with zero attached hydrogens (tertiary/aromatic N) is 1. The van der Waals surface area contributed by atoms with E-state index >= 15 is 0 Å². The molecule has 2 aromatic rings.